The van der Waals surface area contributed by atoms with Gasteiger partial charge in [-0.15, -0.1) is 0 Å². The van der Waals surface area contributed by atoms with Gasteiger partial charge >= 0.3 is 0 Å². The zero-order valence-electron chi connectivity index (χ0n) is 12.7. The highest BCUT2D eigenvalue weighted by Gasteiger charge is 2.36. The van der Waals surface area contributed by atoms with E-state index in [0.717, 1.165) is 34.7 Å². The molecule has 0 radical (unpaired) electrons. The van der Waals surface area contributed by atoms with E-state index >= 15 is 0 Å². The molecule has 1 saturated carbocycles. The average molecular weight is 359 g/mol. The minimum atomic E-state index is -0.0841. The van der Waals surface area contributed by atoms with Gasteiger partial charge in [-0.05, 0) is 61.1 Å². The second-order valence-electron chi connectivity index (χ2n) is 7.42. The number of nitrogens with two attached hydrogens (primary N) is 1. The number of rotatable bonds is 2. The maximum absolute atomic E-state index is 6.63. The third-order valence-electron chi connectivity index (χ3n) is 4.76. The van der Waals surface area contributed by atoms with E-state index in [4.69, 9.17) is 17.3 Å². The standard InChI is InChI=1S/C17H25BrClN/c1-16(2,3)13-6-8-17(20,9-7-13)11-12-4-5-14(18)10-15(12)19/h4-5,10,13H,6-9,11,20H2,1-3H3. The summed E-state index contributed by atoms with van der Waals surface area (Å²) in [6.45, 7) is 7.02. The zero-order valence-corrected chi connectivity index (χ0v) is 15.0. The Bertz CT molecular complexity index is 470. The van der Waals surface area contributed by atoms with Crippen LogP contribution >= 0.6 is 27.5 Å². The van der Waals surface area contributed by atoms with Crippen molar-refractivity contribution in [1.82, 2.24) is 0 Å². The lowest BCUT2D eigenvalue weighted by molar-refractivity contribution is 0.134. The molecule has 1 aliphatic carbocycles. The van der Waals surface area contributed by atoms with Crippen LogP contribution < -0.4 is 5.73 Å². The number of hydrogen-bond acceptors (Lipinski definition) is 1. The van der Waals surface area contributed by atoms with E-state index in [0.29, 0.717) is 5.41 Å². The summed E-state index contributed by atoms with van der Waals surface area (Å²) >= 11 is 9.78. The molecule has 1 fully saturated rings. The Labute approximate surface area is 136 Å². The highest BCUT2D eigenvalue weighted by atomic mass is 79.9. The molecule has 2 N–H and O–H groups in total. The Morgan fingerprint density at radius 1 is 1.30 bits per heavy atom. The van der Waals surface area contributed by atoms with Gasteiger partial charge in [0.05, 0.1) is 0 Å². The highest BCUT2D eigenvalue weighted by Crippen LogP contribution is 2.42. The van der Waals surface area contributed by atoms with Gasteiger partial charge in [0.1, 0.15) is 0 Å². The van der Waals surface area contributed by atoms with Crippen LogP contribution in [0.15, 0.2) is 22.7 Å². The van der Waals surface area contributed by atoms with Crippen LogP contribution in [-0.4, -0.2) is 5.54 Å². The van der Waals surface area contributed by atoms with Gasteiger partial charge < -0.3 is 5.73 Å². The first-order valence-electron chi connectivity index (χ1n) is 7.42. The van der Waals surface area contributed by atoms with Gasteiger partial charge in [-0.1, -0.05) is 54.4 Å². The highest BCUT2D eigenvalue weighted by molar-refractivity contribution is 9.10. The fourth-order valence-corrected chi connectivity index (χ4v) is 4.02. The van der Waals surface area contributed by atoms with E-state index in [2.05, 4.69) is 42.8 Å². The summed E-state index contributed by atoms with van der Waals surface area (Å²) in [5, 5.41) is 0.821. The van der Waals surface area contributed by atoms with Crippen LogP contribution in [0.5, 0.6) is 0 Å². The van der Waals surface area contributed by atoms with Crippen molar-refractivity contribution in [3.63, 3.8) is 0 Å². The normalized spacial score (nSPS) is 27.6. The largest absolute Gasteiger partial charge is 0.325 e. The molecule has 0 atom stereocenters. The summed E-state index contributed by atoms with van der Waals surface area (Å²) in [5.41, 5.74) is 8.12. The second-order valence-corrected chi connectivity index (χ2v) is 8.74. The van der Waals surface area contributed by atoms with Crippen molar-refractivity contribution in [2.45, 2.75) is 58.4 Å². The van der Waals surface area contributed by atoms with Crippen LogP contribution in [0.3, 0.4) is 0 Å². The first-order valence-corrected chi connectivity index (χ1v) is 8.60. The summed E-state index contributed by atoms with van der Waals surface area (Å²) in [7, 11) is 0. The average Bonchev–Trinajstić information content (AvgIpc) is 2.32. The van der Waals surface area contributed by atoms with Crippen molar-refractivity contribution in [1.29, 1.82) is 0 Å². The van der Waals surface area contributed by atoms with Gasteiger partial charge in [0.25, 0.3) is 0 Å². The predicted octanol–water partition coefficient (Wildman–Crippen LogP) is 5.58. The minimum Gasteiger partial charge on any atom is -0.325 e. The Morgan fingerprint density at radius 2 is 1.90 bits per heavy atom. The molecule has 0 unspecified atom stereocenters. The van der Waals surface area contributed by atoms with Crippen LogP contribution in [0.2, 0.25) is 5.02 Å². The van der Waals surface area contributed by atoms with Crippen LogP contribution in [-0.2, 0) is 6.42 Å². The number of halogens is 2. The second kappa shape index (κ2) is 5.98. The first kappa shape index (κ1) is 16.3. The third kappa shape index (κ3) is 3.99. The molecule has 2 rings (SSSR count). The van der Waals surface area contributed by atoms with Crippen molar-refractivity contribution in [2.75, 3.05) is 0 Å². The Morgan fingerprint density at radius 3 is 2.40 bits per heavy atom. The molecule has 0 aromatic heterocycles. The predicted molar refractivity (Wildman–Crippen MR) is 91.2 cm³/mol. The van der Waals surface area contributed by atoms with E-state index in [1.807, 2.05) is 12.1 Å². The van der Waals surface area contributed by atoms with Crippen LogP contribution in [0.25, 0.3) is 0 Å². The molecule has 0 amide bonds. The molecule has 1 aromatic carbocycles. The van der Waals surface area contributed by atoms with Gasteiger partial charge in [0.15, 0.2) is 0 Å². The van der Waals surface area contributed by atoms with E-state index in [-0.39, 0.29) is 5.54 Å². The molecular formula is C17H25BrClN. The summed E-state index contributed by atoms with van der Waals surface area (Å²) in [6.07, 6.45) is 5.54. The topological polar surface area (TPSA) is 26.0 Å². The molecule has 1 nitrogen and oxygen atoms in total. The number of hydrogen-bond donors (Lipinski definition) is 1. The molecule has 0 aliphatic heterocycles. The van der Waals surface area contributed by atoms with Crippen molar-refractivity contribution < 1.29 is 0 Å². The summed E-state index contributed by atoms with van der Waals surface area (Å²) in [6, 6.07) is 6.10. The molecule has 1 aliphatic rings. The lowest BCUT2D eigenvalue weighted by Gasteiger charge is -2.42. The van der Waals surface area contributed by atoms with Gasteiger partial charge in [0, 0.05) is 15.0 Å². The minimum absolute atomic E-state index is 0.0841. The SMILES string of the molecule is CC(C)(C)C1CCC(N)(Cc2ccc(Br)cc2Cl)CC1. The first-order chi connectivity index (χ1) is 9.20. The molecule has 3 heteroatoms. The van der Waals surface area contributed by atoms with Gasteiger partial charge in [-0.2, -0.15) is 0 Å². The Hall–Kier alpha value is -0.0500. The maximum atomic E-state index is 6.63. The quantitative estimate of drug-likeness (QED) is 0.734. The number of benzene rings is 1. The van der Waals surface area contributed by atoms with E-state index in [9.17, 15) is 0 Å². The third-order valence-corrected chi connectivity index (χ3v) is 5.61. The van der Waals surface area contributed by atoms with Crippen molar-refractivity contribution in [3.05, 3.63) is 33.3 Å². The molecule has 0 spiro atoms. The summed E-state index contributed by atoms with van der Waals surface area (Å²) < 4.78 is 1.02. The molecule has 1 aromatic rings. The zero-order chi connectivity index (χ0) is 15.0. The maximum Gasteiger partial charge on any atom is 0.0449 e. The molecule has 0 bridgehead atoms. The fourth-order valence-electron chi connectivity index (χ4n) is 3.28. The van der Waals surface area contributed by atoms with E-state index < -0.39 is 0 Å². The van der Waals surface area contributed by atoms with Crippen LogP contribution in [0.1, 0.15) is 52.0 Å². The summed E-state index contributed by atoms with van der Waals surface area (Å²) in [5.74, 6) is 0.791. The van der Waals surface area contributed by atoms with Gasteiger partial charge in [-0.3, -0.25) is 0 Å². The Kier molecular flexibility index (Phi) is 4.88. The van der Waals surface area contributed by atoms with Crippen molar-refractivity contribution in [2.24, 2.45) is 17.1 Å². The van der Waals surface area contributed by atoms with Crippen LogP contribution in [0.4, 0.5) is 0 Å². The molecule has 112 valence electrons. The fraction of sp³-hybridized carbons (Fsp3) is 0.647. The lowest BCUT2D eigenvalue weighted by atomic mass is 9.66. The monoisotopic (exact) mass is 357 g/mol. The van der Waals surface area contributed by atoms with Crippen molar-refractivity contribution in [3.8, 4) is 0 Å². The van der Waals surface area contributed by atoms with Gasteiger partial charge in [0.2, 0.25) is 0 Å². The molecule has 0 heterocycles. The molecule has 0 saturated heterocycles. The summed E-state index contributed by atoms with van der Waals surface area (Å²) in [4.78, 5) is 0. The molecule has 20 heavy (non-hydrogen) atoms. The van der Waals surface area contributed by atoms with Gasteiger partial charge in [-0.25, -0.2) is 0 Å². The smallest absolute Gasteiger partial charge is 0.0449 e. The lowest BCUT2D eigenvalue weighted by Crippen LogP contribution is -2.46. The van der Waals surface area contributed by atoms with E-state index in [1.54, 1.807) is 0 Å². The Balaban J connectivity index is 2.03. The van der Waals surface area contributed by atoms with E-state index in [1.165, 1.54) is 18.4 Å². The molecular weight excluding hydrogens is 334 g/mol. The van der Waals surface area contributed by atoms with Crippen molar-refractivity contribution >= 4 is 27.5 Å². The van der Waals surface area contributed by atoms with Crippen LogP contribution in [0, 0.1) is 11.3 Å².